The molecule has 1 unspecified atom stereocenters. The second kappa shape index (κ2) is 5.44. The standard InChI is InChI=1S/C13H16ClFO/c1-8(2)11(6-9(3)16)10-4-5-12(14)13(15)7-10/h4-5,7-8,11H,6H2,1-3H3. The molecule has 3 heteroatoms. The third kappa shape index (κ3) is 3.31. The van der Waals surface area contributed by atoms with E-state index in [2.05, 4.69) is 0 Å². The highest BCUT2D eigenvalue weighted by atomic mass is 35.5. The van der Waals surface area contributed by atoms with Crippen LogP contribution in [0.3, 0.4) is 0 Å². The van der Waals surface area contributed by atoms with Crippen molar-refractivity contribution in [1.29, 1.82) is 0 Å². The largest absolute Gasteiger partial charge is 0.300 e. The molecule has 0 saturated carbocycles. The summed E-state index contributed by atoms with van der Waals surface area (Å²) in [4.78, 5) is 11.2. The van der Waals surface area contributed by atoms with E-state index in [1.807, 2.05) is 13.8 Å². The van der Waals surface area contributed by atoms with Gasteiger partial charge in [-0.3, -0.25) is 0 Å². The summed E-state index contributed by atoms with van der Waals surface area (Å²) in [5, 5.41) is 0.120. The van der Waals surface area contributed by atoms with Gasteiger partial charge < -0.3 is 4.79 Å². The Kier molecular flexibility index (Phi) is 4.48. The molecule has 0 aromatic heterocycles. The molecular weight excluding hydrogens is 227 g/mol. The van der Waals surface area contributed by atoms with Crippen molar-refractivity contribution < 1.29 is 9.18 Å². The van der Waals surface area contributed by atoms with Crippen molar-refractivity contribution in [1.82, 2.24) is 0 Å². The van der Waals surface area contributed by atoms with Gasteiger partial charge >= 0.3 is 0 Å². The SMILES string of the molecule is CC(=O)CC(c1ccc(Cl)c(F)c1)C(C)C. The molecule has 16 heavy (non-hydrogen) atoms. The number of ketones is 1. The Morgan fingerprint density at radius 3 is 2.50 bits per heavy atom. The van der Waals surface area contributed by atoms with E-state index in [0.29, 0.717) is 12.3 Å². The van der Waals surface area contributed by atoms with Crippen molar-refractivity contribution in [2.24, 2.45) is 5.92 Å². The average Bonchev–Trinajstić information content (AvgIpc) is 2.18. The van der Waals surface area contributed by atoms with Crippen LogP contribution in [0.15, 0.2) is 18.2 Å². The third-order valence-corrected chi connectivity index (χ3v) is 2.99. The minimum absolute atomic E-state index is 0.0595. The summed E-state index contributed by atoms with van der Waals surface area (Å²) in [6.07, 6.45) is 0.443. The first-order valence-corrected chi connectivity index (χ1v) is 5.74. The van der Waals surface area contributed by atoms with Crippen molar-refractivity contribution >= 4 is 17.4 Å². The fourth-order valence-electron chi connectivity index (χ4n) is 1.79. The first-order valence-electron chi connectivity index (χ1n) is 5.36. The molecule has 0 aliphatic heterocycles. The van der Waals surface area contributed by atoms with Gasteiger partial charge in [0.2, 0.25) is 0 Å². The quantitative estimate of drug-likeness (QED) is 0.774. The van der Waals surface area contributed by atoms with Crippen LogP contribution in [0.4, 0.5) is 4.39 Å². The molecule has 0 spiro atoms. The number of hydrogen-bond acceptors (Lipinski definition) is 1. The number of hydrogen-bond donors (Lipinski definition) is 0. The zero-order chi connectivity index (χ0) is 12.3. The van der Waals surface area contributed by atoms with Crippen molar-refractivity contribution in [3.63, 3.8) is 0 Å². The molecule has 0 N–H and O–H groups in total. The predicted octanol–water partition coefficient (Wildman–Crippen LogP) is 4.20. The molecule has 0 fully saturated rings. The molecule has 1 nitrogen and oxygen atoms in total. The second-order valence-electron chi connectivity index (χ2n) is 4.43. The van der Waals surface area contributed by atoms with Crippen molar-refractivity contribution in [3.8, 4) is 0 Å². The number of Topliss-reactive ketones (excluding diaryl/α,β-unsaturated/α-hetero) is 1. The van der Waals surface area contributed by atoms with E-state index >= 15 is 0 Å². The van der Waals surface area contributed by atoms with Gasteiger partial charge in [-0.2, -0.15) is 0 Å². The maximum Gasteiger partial charge on any atom is 0.142 e. The number of benzene rings is 1. The maximum atomic E-state index is 13.3. The Morgan fingerprint density at radius 1 is 1.44 bits per heavy atom. The van der Waals surface area contributed by atoms with Gasteiger partial charge in [-0.05, 0) is 36.5 Å². The smallest absolute Gasteiger partial charge is 0.142 e. The minimum atomic E-state index is -0.423. The lowest BCUT2D eigenvalue weighted by atomic mass is 9.85. The van der Waals surface area contributed by atoms with Crippen LogP contribution in [-0.4, -0.2) is 5.78 Å². The zero-order valence-corrected chi connectivity index (χ0v) is 10.5. The fourth-order valence-corrected chi connectivity index (χ4v) is 1.91. The summed E-state index contributed by atoms with van der Waals surface area (Å²) in [7, 11) is 0. The molecule has 0 saturated heterocycles. The number of halogens is 2. The summed E-state index contributed by atoms with van der Waals surface area (Å²) >= 11 is 5.63. The van der Waals surface area contributed by atoms with Crippen LogP contribution < -0.4 is 0 Å². The number of carbonyl (C=O) groups excluding carboxylic acids is 1. The lowest BCUT2D eigenvalue weighted by molar-refractivity contribution is -0.117. The Balaban J connectivity index is 3.01. The minimum Gasteiger partial charge on any atom is -0.300 e. The van der Waals surface area contributed by atoms with Gasteiger partial charge in [-0.1, -0.05) is 31.5 Å². The van der Waals surface area contributed by atoms with Gasteiger partial charge in [0.25, 0.3) is 0 Å². The van der Waals surface area contributed by atoms with Crippen LogP contribution >= 0.6 is 11.6 Å². The molecule has 0 aliphatic rings. The monoisotopic (exact) mass is 242 g/mol. The Labute approximate surface area is 101 Å². The molecule has 0 bridgehead atoms. The summed E-state index contributed by atoms with van der Waals surface area (Å²) in [5.41, 5.74) is 0.840. The predicted molar refractivity (Wildman–Crippen MR) is 64.3 cm³/mol. The lowest BCUT2D eigenvalue weighted by Gasteiger charge is -2.20. The van der Waals surface area contributed by atoms with Gasteiger partial charge in [-0.15, -0.1) is 0 Å². The van der Waals surface area contributed by atoms with Gasteiger partial charge in [0.15, 0.2) is 0 Å². The molecule has 1 atom stereocenters. The molecule has 1 rings (SSSR count). The van der Waals surface area contributed by atoms with Crippen LogP contribution in [0.1, 0.15) is 38.7 Å². The normalized spacial score (nSPS) is 12.9. The number of carbonyl (C=O) groups is 1. The Morgan fingerprint density at radius 2 is 2.06 bits per heavy atom. The van der Waals surface area contributed by atoms with E-state index < -0.39 is 5.82 Å². The highest BCUT2D eigenvalue weighted by Crippen LogP contribution is 2.30. The van der Waals surface area contributed by atoms with Crippen LogP contribution in [-0.2, 0) is 4.79 Å². The number of rotatable bonds is 4. The highest BCUT2D eigenvalue weighted by molar-refractivity contribution is 6.30. The summed E-state index contributed by atoms with van der Waals surface area (Å²) < 4.78 is 13.3. The van der Waals surface area contributed by atoms with Gasteiger partial charge in [0.1, 0.15) is 11.6 Å². The van der Waals surface area contributed by atoms with Crippen molar-refractivity contribution in [2.75, 3.05) is 0 Å². The third-order valence-electron chi connectivity index (χ3n) is 2.68. The zero-order valence-electron chi connectivity index (χ0n) is 9.76. The topological polar surface area (TPSA) is 17.1 Å². The van der Waals surface area contributed by atoms with Crippen LogP contribution in [0, 0.1) is 11.7 Å². The van der Waals surface area contributed by atoms with Crippen molar-refractivity contribution in [2.45, 2.75) is 33.1 Å². The molecule has 0 heterocycles. The second-order valence-corrected chi connectivity index (χ2v) is 4.84. The van der Waals surface area contributed by atoms with Gasteiger partial charge in [0, 0.05) is 6.42 Å². The highest BCUT2D eigenvalue weighted by Gasteiger charge is 2.18. The van der Waals surface area contributed by atoms with Crippen LogP contribution in [0.2, 0.25) is 5.02 Å². The molecule has 1 aromatic carbocycles. The van der Waals surface area contributed by atoms with Crippen LogP contribution in [0.25, 0.3) is 0 Å². The van der Waals surface area contributed by atoms with E-state index in [-0.39, 0.29) is 16.7 Å². The Bertz CT molecular complexity index is 388. The summed E-state index contributed by atoms with van der Waals surface area (Å²) in [6, 6.07) is 4.76. The molecule has 0 amide bonds. The molecule has 88 valence electrons. The lowest BCUT2D eigenvalue weighted by Crippen LogP contribution is -2.11. The Hall–Kier alpha value is -0.890. The van der Waals surface area contributed by atoms with Gasteiger partial charge in [0.05, 0.1) is 5.02 Å². The van der Waals surface area contributed by atoms with E-state index in [1.165, 1.54) is 6.07 Å². The first kappa shape index (κ1) is 13.2. The molecular formula is C13H16ClFO. The van der Waals surface area contributed by atoms with E-state index in [1.54, 1.807) is 19.1 Å². The van der Waals surface area contributed by atoms with Gasteiger partial charge in [-0.25, -0.2) is 4.39 Å². The maximum absolute atomic E-state index is 13.3. The van der Waals surface area contributed by atoms with E-state index in [0.717, 1.165) is 5.56 Å². The van der Waals surface area contributed by atoms with Crippen LogP contribution in [0.5, 0.6) is 0 Å². The summed E-state index contributed by atoms with van der Waals surface area (Å²) in [5.74, 6) is 0.0520. The molecule has 0 radical (unpaired) electrons. The summed E-state index contributed by atoms with van der Waals surface area (Å²) in [6.45, 7) is 5.61. The van der Waals surface area contributed by atoms with E-state index in [9.17, 15) is 9.18 Å². The molecule has 1 aromatic rings. The fraction of sp³-hybridized carbons (Fsp3) is 0.462. The molecule has 0 aliphatic carbocycles. The first-order chi connectivity index (χ1) is 7.41. The van der Waals surface area contributed by atoms with Crippen molar-refractivity contribution in [3.05, 3.63) is 34.6 Å². The van der Waals surface area contributed by atoms with E-state index in [4.69, 9.17) is 11.6 Å². The average molecular weight is 243 g/mol.